The van der Waals surface area contributed by atoms with Crippen LogP contribution in [0.5, 0.6) is 5.75 Å². The molecule has 0 saturated heterocycles. The second-order valence-corrected chi connectivity index (χ2v) is 4.95. The van der Waals surface area contributed by atoms with Crippen LogP contribution in [0.1, 0.15) is 42.2 Å². The van der Waals surface area contributed by atoms with Crippen LogP contribution in [-0.4, -0.2) is 5.11 Å². The fourth-order valence-corrected chi connectivity index (χ4v) is 2.75. The summed E-state index contributed by atoms with van der Waals surface area (Å²) in [4.78, 5) is 0. The van der Waals surface area contributed by atoms with Crippen LogP contribution < -0.4 is 4.74 Å². The van der Waals surface area contributed by atoms with Crippen molar-refractivity contribution >= 4 is 0 Å². The summed E-state index contributed by atoms with van der Waals surface area (Å²) in [7, 11) is 0. The molecule has 0 amide bonds. The monoisotopic (exact) mass is 254 g/mol. The molecule has 1 aliphatic rings. The van der Waals surface area contributed by atoms with Crippen molar-refractivity contribution in [2.75, 3.05) is 0 Å². The fourth-order valence-electron chi connectivity index (χ4n) is 2.75. The van der Waals surface area contributed by atoms with Crippen LogP contribution in [0.25, 0.3) is 0 Å². The second kappa shape index (κ2) is 5.06. The smallest absolute Gasteiger partial charge is 0.127 e. The number of aliphatic hydroxyl groups is 1. The zero-order valence-corrected chi connectivity index (χ0v) is 11.0. The number of ether oxygens (including phenoxy) is 1. The highest BCUT2D eigenvalue weighted by Gasteiger charge is 2.28. The number of hydrogen-bond acceptors (Lipinski definition) is 2. The molecule has 0 bridgehead atoms. The lowest BCUT2D eigenvalue weighted by molar-refractivity contribution is 0.0653. The van der Waals surface area contributed by atoms with E-state index in [1.807, 2.05) is 30.3 Å². The van der Waals surface area contributed by atoms with Gasteiger partial charge in [0.2, 0.25) is 0 Å². The summed E-state index contributed by atoms with van der Waals surface area (Å²) in [6.07, 6.45) is 1.10. The van der Waals surface area contributed by atoms with E-state index in [9.17, 15) is 5.11 Å². The van der Waals surface area contributed by atoms with Crippen molar-refractivity contribution in [3.8, 4) is 5.75 Å². The molecule has 3 rings (SSSR count). The van der Waals surface area contributed by atoms with Crippen molar-refractivity contribution in [2.45, 2.75) is 32.0 Å². The Morgan fingerprint density at radius 2 is 1.74 bits per heavy atom. The lowest BCUT2D eigenvalue weighted by Crippen LogP contribution is -2.20. The largest absolute Gasteiger partial charge is 0.485 e. The van der Waals surface area contributed by atoms with E-state index in [-0.39, 0.29) is 6.10 Å². The van der Waals surface area contributed by atoms with E-state index < -0.39 is 6.10 Å². The molecule has 98 valence electrons. The van der Waals surface area contributed by atoms with Crippen LogP contribution in [-0.2, 0) is 6.42 Å². The molecule has 2 aromatic carbocycles. The van der Waals surface area contributed by atoms with Gasteiger partial charge in [0.05, 0.1) is 6.10 Å². The van der Waals surface area contributed by atoms with E-state index in [1.165, 1.54) is 11.1 Å². The van der Waals surface area contributed by atoms with Crippen molar-refractivity contribution < 1.29 is 9.84 Å². The quantitative estimate of drug-likeness (QED) is 0.883. The van der Waals surface area contributed by atoms with E-state index in [0.29, 0.717) is 6.42 Å². The Bertz CT molecular complexity index is 577. The van der Waals surface area contributed by atoms with Gasteiger partial charge in [-0.05, 0) is 23.6 Å². The van der Waals surface area contributed by atoms with Gasteiger partial charge in [-0.1, -0.05) is 49.4 Å². The zero-order valence-electron chi connectivity index (χ0n) is 11.0. The molecule has 2 aromatic rings. The van der Waals surface area contributed by atoms with Gasteiger partial charge in [0, 0.05) is 12.0 Å². The molecule has 2 heteroatoms. The predicted octanol–water partition coefficient (Wildman–Crippen LogP) is 3.81. The molecular formula is C17H18O2. The molecule has 1 heterocycles. The van der Waals surface area contributed by atoms with Gasteiger partial charge in [-0.2, -0.15) is 0 Å². The van der Waals surface area contributed by atoms with E-state index >= 15 is 0 Å². The lowest BCUT2D eigenvalue weighted by atomic mass is 9.92. The van der Waals surface area contributed by atoms with E-state index in [0.717, 1.165) is 17.7 Å². The summed E-state index contributed by atoms with van der Waals surface area (Å²) in [5, 5.41) is 10.3. The van der Waals surface area contributed by atoms with E-state index in [4.69, 9.17) is 4.74 Å². The maximum atomic E-state index is 10.3. The molecule has 2 nitrogen and oxygen atoms in total. The molecule has 1 N–H and O–H groups in total. The van der Waals surface area contributed by atoms with Crippen molar-refractivity contribution in [1.82, 2.24) is 0 Å². The molecule has 0 radical (unpaired) electrons. The minimum atomic E-state index is -0.445. The van der Waals surface area contributed by atoms with Gasteiger partial charge in [-0.3, -0.25) is 0 Å². The first-order valence-electron chi connectivity index (χ1n) is 6.81. The Balaban J connectivity index is 1.97. The average molecular weight is 254 g/mol. The van der Waals surface area contributed by atoms with Crippen LogP contribution in [0, 0.1) is 0 Å². The number of aliphatic hydroxyl groups excluding tert-OH is 1. The summed E-state index contributed by atoms with van der Waals surface area (Å²) in [6, 6.07) is 16.1. The summed E-state index contributed by atoms with van der Waals surface area (Å²) in [5.41, 5.74) is 3.38. The Morgan fingerprint density at radius 1 is 1.05 bits per heavy atom. The van der Waals surface area contributed by atoms with Crippen LogP contribution in [0.2, 0.25) is 0 Å². The Kier molecular flexibility index (Phi) is 3.26. The Hall–Kier alpha value is -1.80. The van der Waals surface area contributed by atoms with E-state index in [1.54, 1.807) is 0 Å². The van der Waals surface area contributed by atoms with Crippen molar-refractivity contribution in [3.63, 3.8) is 0 Å². The number of benzene rings is 2. The van der Waals surface area contributed by atoms with Gasteiger partial charge < -0.3 is 9.84 Å². The third-order valence-corrected chi connectivity index (χ3v) is 3.77. The molecule has 1 unspecified atom stereocenters. The zero-order chi connectivity index (χ0) is 13.2. The second-order valence-electron chi connectivity index (χ2n) is 4.95. The average Bonchev–Trinajstić information content (AvgIpc) is 2.47. The number of aryl methyl sites for hydroxylation is 1. The number of rotatable bonds is 2. The SMILES string of the molecule is CCc1ccccc1C1C[C@@H](O)c2ccccc2O1. The summed E-state index contributed by atoms with van der Waals surface area (Å²) in [5.74, 6) is 0.803. The summed E-state index contributed by atoms with van der Waals surface area (Å²) >= 11 is 0. The molecule has 0 fully saturated rings. The topological polar surface area (TPSA) is 29.5 Å². The molecule has 1 aliphatic heterocycles. The predicted molar refractivity (Wildman–Crippen MR) is 75.2 cm³/mol. The highest BCUT2D eigenvalue weighted by atomic mass is 16.5. The minimum Gasteiger partial charge on any atom is -0.485 e. The van der Waals surface area contributed by atoms with Crippen LogP contribution in [0.4, 0.5) is 0 Å². The Morgan fingerprint density at radius 3 is 2.53 bits per heavy atom. The lowest BCUT2D eigenvalue weighted by Gasteiger charge is -2.30. The molecule has 2 atom stereocenters. The van der Waals surface area contributed by atoms with Gasteiger partial charge in [-0.15, -0.1) is 0 Å². The molecule has 19 heavy (non-hydrogen) atoms. The first-order chi connectivity index (χ1) is 9.29. The van der Waals surface area contributed by atoms with Gasteiger partial charge in [0.15, 0.2) is 0 Å². The highest BCUT2D eigenvalue weighted by molar-refractivity contribution is 5.39. The maximum absolute atomic E-state index is 10.3. The van der Waals surface area contributed by atoms with Crippen molar-refractivity contribution in [3.05, 3.63) is 65.2 Å². The van der Waals surface area contributed by atoms with Crippen LogP contribution in [0.15, 0.2) is 48.5 Å². The van der Waals surface area contributed by atoms with Gasteiger partial charge in [0.25, 0.3) is 0 Å². The molecular weight excluding hydrogens is 236 g/mol. The molecule has 0 aromatic heterocycles. The first-order valence-corrected chi connectivity index (χ1v) is 6.81. The van der Waals surface area contributed by atoms with Crippen LogP contribution >= 0.6 is 0 Å². The first kappa shape index (κ1) is 12.2. The highest BCUT2D eigenvalue weighted by Crippen LogP contribution is 2.41. The maximum Gasteiger partial charge on any atom is 0.127 e. The molecule has 0 saturated carbocycles. The fraction of sp³-hybridized carbons (Fsp3) is 0.294. The number of para-hydroxylation sites is 1. The standard InChI is InChI=1S/C17H18O2/c1-2-12-7-3-4-8-13(12)17-11-15(18)14-9-5-6-10-16(14)19-17/h3-10,15,17-18H,2,11H2,1H3/t15-,17?/m1/s1. The Labute approximate surface area is 113 Å². The number of fused-ring (bicyclic) bond motifs is 1. The molecule has 0 spiro atoms. The van der Waals surface area contributed by atoms with Crippen molar-refractivity contribution in [2.24, 2.45) is 0 Å². The van der Waals surface area contributed by atoms with Crippen LogP contribution in [0.3, 0.4) is 0 Å². The number of hydrogen-bond donors (Lipinski definition) is 1. The van der Waals surface area contributed by atoms with Gasteiger partial charge >= 0.3 is 0 Å². The third-order valence-electron chi connectivity index (χ3n) is 3.77. The van der Waals surface area contributed by atoms with Gasteiger partial charge in [0.1, 0.15) is 11.9 Å². The minimum absolute atomic E-state index is 0.0546. The molecule has 0 aliphatic carbocycles. The van der Waals surface area contributed by atoms with Crippen molar-refractivity contribution in [1.29, 1.82) is 0 Å². The third kappa shape index (κ3) is 2.24. The van der Waals surface area contributed by atoms with E-state index in [2.05, 4.69) is 25.1 Å². The van der Waals surface area contributed by atoms with Gasteiger partial charge in [-0.25, -0.2) is 0 Å². The summed E-state index contributed by atoms with van der Waals surface area (Å²) in [6.45, 7) is 2.14. The normalized spacial score (nSPS) is 21.6. The summed E-state index contributed by atoms with van der Waals surface area (Å²) < 4.78 is 6.07.